The highest BCUT2D eigenvalue weighted by Crippen LogP contribution is 2.36. The van der Waals surface area contributed by atoms with E-state index >= 15 is 0 Å². The Bertz CT molecular complexity index is 519. The van der Waals surface area contributed by atoms with Crippen LogP contribution in [-0.2, 0) is 4.74 Å². The second-order valence-electron chi connectivity index (χ2n) is 4.26. The standard InChI is InChI=1S/C11H12N2O2S2/c14-3-11(4-15-5-11)6-17-10-8-1-2-16-9(8)12-7-13-10/h1-2,7,14H,3-6H2. The lowest BCUT2D eigenvalue weighted by molar-refractivity contribution is -0.121. The predicted molar refractivity (Wildman–Crippen MR) is 68.5 cm³/mol. The first kappa shape index (κ1) is 11.4. The third-order valence-corrected chi connectivity index (χ3v) is 5.07. The Hall–Kier alpha value is -0.690. The summed E-state index contributed by atoms with van der Waals surface area (Å²) in [5, 5.41) is 13.5. The van der Waals surface area contributed by atoms with Gasteiger partial charge in [0.1, 0.15) is 16.2 Å². The SMILES string of the molecule is OCC1(CSc2ncnc3sccc23)COC1. The lowest BCUT2D eigenvalue weighted by Gasteiger charge is -2.39. The molecule has 0 amide bonds. The summed E-state index contributed by atoms with van der Waals surface area (Å²) in [5.74, 6) is 0.839. The molecule has 0 unspecified atom stereocenters. The molecule has 0 saturated carbocycles. The quantitative estimate of drug-likeness (QED) is 0.677. The zero-order valence-corrected chi connectivity index (χ0v) is 10.8. The highest BCUT2D eigenvalue weighted by Gasteiger charge is 2.38. The lowest BCUT2D eigenvalue weighted by atomic mass is 9.90. The second kappa shape index (κ2) is 4.53. The average Bonchev–Trinajstić information content (AvgIpc) is 2.77. The summed E-state index contributed by atoms with van der Waals surface area (Å²) in [7, 11) is 0. The minimum Gasteiger partial charge on any atom is -0.396 e. The first-order chi connectivity index (χ1) is 8.33. The fourth-order valence-corrected chi connectivity index (χ4v) is 3.65. The number of nitrogens with zero attached hydrogens (tertiary/aromatic N) is 2. The van der Waals surface area contributed by atoms with Gasteiger partial charge in [0.05, 0.1) is 19.8 Å². The minimum atomic E-state index is -0.0715. The number of hydrogen-bond donors (Lipinski definition) is 1. The molecule has 0 radical (unpaired) electrons. The van der Waals surface area contributed by atoms with Gasteiger partial charge >= 0.3 is 0 Å². The van der Waals surface area contributed by atoms with Gasteiger partial charge in [-0.3, -0.25) is 0 Å². The predicted octanol–water partition coefficient (Wildman–Crippen LogP) is 1.79. The second-order valence-corrected chi connectivity index (χ2v) is 6.12. The van der Waals surface area contributed by atoms with Crippen molar-refractivity contribution in [3.05, 3.63) is 17.8 Å². The van der Waals surface area contributed by atoms with Crippen molar-refractivity contribution in [2.45, 2.75) is 5.03 Å². The summed E-state index contributed by atoms with van der Waals surface area (Å²) in [6.45, 7) is 1.47. The molecule has 1 aliphatic heterocycles. The van der Waals surface area contributed by atoms with Crippen LogP contribution in [-0.4, -0.2) is 40.6 Å². The van der Waals surface area contributed by atoms with Crippen LogP contribution in [0.5, 0.6) is 0 Å². The molecule has 0 bridgehead atoms. The molecule has 1 N–H and O–H groups in total. The monoisotopic (exact) mass is 268 g/mol. The zero-order chi connectivity index (χ0) is 11.7. The molecule has 4 nitrogen and oxygen atoms in total. The van der Waals surface area contributed by atoms with E-state index in [0.29, 0.717) is 13.2 Å². The van der Waals surface area contributed by atoms with Crippen molar-refractivity contribution in [3.63, 3.8) is 0 Å². The Kier molecular flexibility index (Phi) is 3.04. The zero-order valence-electron chi connectivity index (χ0n) is 9.13. The van der Waals surface area contributed by atoms with Crippen LogP contribution in [0.3, 0.4) is 0 Å². The molecule has 3 heterocycles. The fourth-order valence-electron chi connectivity index (χ4n) is 1.71. The smallest absolute Gasteiger partial charge is 0.127 e. The molecule has 2 aromatic rings. The van der Waals surface area contributed by atoms with E-state index in [0.717, 1.165) is 21.0 Å². The number of thioether (sulfide) groups is 1. The van der Waals surface area contributed by atoms with Gasteiger partial charge in [0.2, 0.25) is 0 Å². The Labute approximate surface area is 107 Å². The van der Waals surface area contributed by atoms with E-state index in [4.69, 9.17) is 4.74 Å². The van der Waals surface area contributed by atoms with E-state index in [1.54, 1.807) is 29.4 Å². The summed E-state index contributed by atoms with van der Waals surface area (Å²) >= 11 is 3.30. The summed E-state index contributed by atoms with van der Waals surface area (Å²) in [6.07, 6.45) is 1.60. The van der Waals surface area contributed by atoms with Gasteiger partial charge < -0.3 is 9.84 Å². The van der Waals surface area contributed by atoms with Crippen molar-refractivity contribution in [2.24, 2.45) is 5.41 Å². The number of rotatable bonds is 4. The third kappa shape index (κ3) is 2.06. The summed E-state index contributed by atoms with van der Waals surface area (Å²) in [4.78, 5) is 9.55. The van der Waals surface area contributed by atoms with Crippen molar-refractivity contribution >= 4 is 33.3 Å². The molecule has 1 saturated heterocycles. The van der Waals surface area contributed by atoms with Crippen LogP contribution in [0.15, 0.2) is 22.8 Å². The van der Waals surface area contributed by atoms with Gasteiger partial charge in [-0.25, -0.2) is 9.97 Å². The maximum Gasteiger partial charge on any atom is 0.127 e. The van der Waals surface area contributed by atoms with Crippen LogP contribution >= 0.6 is 23.1 Å². The molecule has 3 rings (SSSR count). The Balaban J connectivity index is 1.78. The van der Waals surface area contributed by atoms with Gasteiger partial charge in [-0.2, -0.15) is 0 Å². The van der Waals surface area contributed by atoms with Gasteiger partial charge in [0, 0.05) is 16.6 Å². The molecular weight excluding hydrogens is 256 g/mol. The van der Waals surface area contributed by atoms with Gasteiger partial charge in [0.25, 0.3) is 0 Å². The number of hydrogen-bond acceptors (Lipinski definition) is 6. The highest BCUT2D eigenvalue weighted by atomic mass is 32.2. The van der Waals surface area contributed by atoms with E-state index in [-0.39, 0.29) is 12.0 Å². The van der Waals surface area contributed by atoms with Crippen molar-refractivity contribution in [1.29, 1.82) is 0 Å². The summed E-state index contributed by atoms with van der Waals surface area (Å²) in [6, 6.07) is 2.05. The van der Waals surface area contributed by atoms with Gasteiger partial charge in [0.15, 0.2) is 0 Å². The van der Waals surface area contributed by atoms with Crippen LogP contribution in [0.4, 0.5) is 0 Å². The number of ether oxygens (including phenoxy) is 1. The number of aliphatic hydroxyl groups excluding tert-OH is 1. The molecule has 17 heavy (non-hydrogen) atoms. The molecule has 6 heteroatoms. The lowest BCUT2D eigenvalue weighted by Crippen LogP contribution is -2.47. The molecular formula is C11H12N2O2S2. The van der Waals surface area contributed by atoms with Crippen molar-refractivity contribution in [3.8, 4) is 0 Å². The Morgan fingerprint density at radius 2 is 2.35 bits per heavy atom. The first-order valence-corrected chi connectivity index (χ1v) is 7.19. The molecule has 90 valence electrons. The largest absolute Gasteiger partial charge is 0.396 e. The third-order valence-electron chi connectivity index (χ3n) is 2.89. The molecule has 0 spiro atoms. The van der Waals surface area contributed by atoms with Crippen LogP contribution in [0, 0.1) is 5.41 Å². The highest BCUT2D eigenvalue weighted by molar-refractivity contribution is 7.99. The molecule has 2 aromatic heterocycles. The van der Waals surface area contributed by atoms with E-state index in [2.05, 4.69) is 9.97 Å². The van der Waals surface area contributed by atoms with Gasteiger partial charge in [-0.15, -0.1) is 23.1 Å². The Morgan fingerprint density at radius 3 is 3.06 bits per heavy atom. The molecule has 0 atom stereocenters. The van der Waals surface area contributed by atoms with Gasteiger partial charge in [-0.1, -0.05) is 0 Å². The normalized spacial score (nSPS) is 18.2. The van der Waals surface area contributed by atoms with Crippen LogP contribution in [0.25, 0.3) is 10.2 Å². The van der Waals surface area contributed by atoms with E-state index in [1.165, 1.54) is 0 Å². The summed E-state index contributed by atoms with van der Waals surface area (Å²) < 4.78 is 5.19. The maximum absolute atomic E-state index is 9.36. The van der Waals surface area contributed by atoms with Crippen molar-refractivity contribution < 1.29 is 9.84 Å². The summed E-state index contributed by atoms with van der Waals surface area (Å²) in [5.41, 5.74) is -0.0715. The van der Waals surface area contributed by atoms with Crippen LogP contribution in [0.2, 0.25) is 0 Å². The minimum absolute atomic E-state index is 0.0715. The Morgan fingerprint density at radius 1 is 1.47 bits per heavy atom. The maximum atomic E-state index is 9.36. The van der Waals surface area contributed by atoms with Crippen molar-refractivity contribution in [2.75, 3.05) is 25.6 Å². The number of aliphatic hydroxyl groups is 1. The molecule has 0 aromatic carbocycles. The van der Waals surface area contributed by atoms with Gasteiger partial charge in [-0.05, 0) is 11.4 Å². The number of thiophene rings is 1. The van der Waals surface area contributed by atoms with E-state index in [1.807, 2.05) is 11.4 Å². The number of aromatic nitrogens is 2. The van der Waals surface area contributed by atoms with Crippen LogP contribution in [0.1, 0.15) is 0 Å². The average molecular weight is 268 g/mol. The van der Waals surface area contributed by atoms with Crippen LogP contribution < -0.4 is 0 Å². The fraction of sp³-hybridized carbons (Fsp3) is 0.455. The van der Waals surface area contributed by atoms with E-state index < -0.39 is 0 Å². The molecule has 0 aliphatic carbocycles. The van der Waals surface area contributed by atoms with E-state index in [9.17, 15) is 5.11 Å². The topological polar surface area (TPSA) is 55.2 Å². The number of fused-ring (bicyclic) bond motifs is 1. The first-order valence-electron chi connectivity index (χ1n) is 5.33. The van der Waals surface area contributed by atoms with Crippen molar-refractivity contribution in [1.82, 2.24) is 9.97 Å². The molecule has 1 fully saturated rings. The molecule has 1 aliphatic rings.